The first kappa shape index (κ1) is 15.9. The fourth-order valence-electron chi connectivity index (χ4n) is 1.84. The second-order valence-electron chi connectivity index (χ2n) is 4.94. The maximum Gasteiger partial charge on any atom is 0.419 e. The van der Waals surface area contributed by atoms with E-state index in [4.69, 9.17) is 11.6 Å². The molecule has 1 heterocycles. The largest absolute Gasteiger partial charge is 0.419 e. The summed E-state index contributed by atoms with van der Waals surface area (Å²) in [4.78, 5) is 0. The van der Waals surface area contributed by atoms with Crippen molar-refractivity contribution in [1.82, 2.24) is 15.1 Å². The molecule has 0 bridgehead atoms. The molecule has 0 unspecified atom stereocenters. The van der Waals surface area contributed by atoms with Crippen molar-refractivity contribution in [2.75, 3.05) is 0 Å². The fourth-order valence-corrected chi connectivity index (χ4v) is 2.08. The number of nitrogens with zero attached hydrogens (tertiary/aromatic N) is 2. The number of hydrogen-bond donors (Lipinski definition) is 1. The van der Waals surface area contributed by atoms with Gasteiger partial charge < -0.3 is 5.32 Å². The highest BCUT2D eigenvalue weighted by Crippen LogP contribution is 2.30. The molecule has 0 spiro atoms. The van der Waals surface area contributed by atoms with Crippen LogP contribution in [0.25, 0.3) is 5.69 Å². The molecule has 0 saturated heterocycles. The van der Waals surface area contributed by atoms with Gasteiger partial charge in [0.2, 0.25) is 0 Å². The van der Waals surface area contributed by atoms with E-state index in [9.17, 15) is 13.2 Å². The van der Waals surface area contributed by atoms with E-state index >= 15 is 0 Å². The van der Waals surface area contributed by atoms with Crippen molar-refractivity contribution in [2.45, 2.75) is 32.6 Å². The summed E-state index contributed by atoms with van der Waals surface area (Å²) in [5, 5.41) is 7.48. The van der Waals surface area contributed by atoms with Crippen molar-refractivity contribution >= 4 is 11.6 Å². The van der Waals surface area contributed by atoms with Crippen LogP contribution in [0, 0.1) is 0 Å². The highest BCUT2D eigenvalue weighted by Gasteiger charge is 2.32. The highest BCUT2D eigenvalue weighted by molar-refractivity contribution is 6.31. The summed E-state index contributed by atoms with van der Waals surface area (Å²) in [7, 11) is 0. The van der Waals surface area contributed by atoms with Gasteiger partial charge in [-0.25, -0.2) is 4.68 Å². The Kier molecular flexibility index (Phi) is 4.58. The molecule has 21 heavy (non-hydrogen) atoms. The van der Waals surface area contributed by atoms with E-state index in [0.29, 0.717) is 22.8 Å². The van der Waals surface area contributed by atoms with Gasteiger partial charge in [0.05, 0.1) is 17.4 Å². The molecule has 7 heteroatoms. The second kappa shape index (κ2) is 6.07. The minimum Gasteiger partial charge on any atom is -0.310 e. The summed E-state index contributed by atoms with van der Waals surface area (Å²) in [5.74, 6) is 0. The Labute approximate surface area is 125 Å². The smallest absolute Gasteiger partial charge is 0.310 e. The lowest BCUT2D eigenvalue weighted by atomic mass is 10.1. The molecule has 0 atom stereocenters. The fraction of sp³-hybridized carbons (Fsp3) is 0.357. The molecule has 0 saturated carbocycles. The van der Waals surface area contributed by atoms with Crippen LogP contribution in [0.2, 0.25) is 5.02 Å². The highest BCUT2D eigenvalue weighted by atomic mass is 35.5. The second-order valence-corrected chi connectivity index (χ2v) is 5.35. The van der Waals surface area contributed by atoms with Crippen LogP contribution < -0.4 is 5.32 Å². The molecule has 3 nitrogen and oxygen atoms in total. The predicted octanol–water partition coefficient (Wildman–Crippen LogP) is 4.04. The Balaban J connectivity index is 2.39. The molecule has 2 aromatic rings. The molecular weight excluding hydrogens is 303 g/mol. The number of halogens is 4. The Morgan fingerprint density at radius 2 is 2.05 bits per heavy atom. The molecular formula is C14H15ClF3N3. The first-order valence-corrected chi connectivity index (χ1v) is 6.80. The quantitative estimate of drug-likeness (QED) is 0.922. The summed E-state index contributed by atoms with van der Waals surface area (Å²) >= 11 is 6.16. The molecule has 1 N–H and O–H groups in total. The van der Waals surface area contributed by atoms with Crippen LogP contribution in [0.4, 0.5) is 13.2 Å². The number of nitrogens with one attached hydrogen (secondary N) is 1. The standard InChI is InChI=1S/C14H15ClF3N3/c1-9(2)19-7-11-12(15)4-3-5-13(11)21-8-10(6-20-21)14(16,17)18/h3-6,8-9,19H,7H2,1-2H3. The van der Waals surface area contributed by atoms with Crippen molar-refractivity contribution in [3.05, 3.63) is 46.7 Å². The number of rotatable bonds is 4. The van der Waals surface area contributed by atoms with Gasteiger partial charge in [-0.15, -0.1) is 0 Å². The summed E-state index contributed by atoms with van der Waals surface area (Å²) in [6.45, 7) is 4.41. The molecule has 114 valence electrons. The molecule has 0 aliphatic heterocycles. The van der Waals surface area contributed by atoms with Crippen molar-refractivity contribution < 1.29 is 13.2 Å². The van der Waals surface area contributed by atoms with Gasteiger partial charge in [-0.3, -0.25) is 0 Å². The summed E-state index contributed by atoms with van der Waals surface area (Å²) in [5.41, 5.74) is 0.459. The Morgan fingerprint density at radius 3 is 2.62 bits per heavy atom. The van der Waals surface area contributed by atoms with E-state index in [1.54, 1.807) is 18.2 Å². The van der Waals surface area contributed by atoms with Gasteiger partial charge in [0.15, 0.2) is 0 Å². The van der Waals surface area contributed by atoms with Crippen LogP contribution in [-0.2, 0) is 12.7 Å². The zero-order chi connectivity index (χ0) is 15.6. The Morgan fingerprint density at radius 1 is 1.33 bits per heavy atom. The van der Waals surface area contributed by atoms with E-state index in [0.717, 1.165) is 12.4 Å². The SMILES string of the molecule is CC(C)NCc1c(Cl)cccc1-n1cc(C(F)(F)F)cn1. The lowest BCUT2D eigenvalue weighted by Gasteiger charge is -2.14. The van der Waals surface area contributed by atoms with Crippen LogP contribution >= 0.6 is 11.6 Å². The number of benzene rings is 1. The third kappa shape index (κ3) is 3.77. The van der Waals surface area contributed by atoms with Gasteiger partial charge in [-0.1, -0.05) is 31.5 Å². The molecule has 0 amide bonds. The first-order chi connectivity index (χ1) is 9.79. The van der Waals surface area contributed by atoms with Gasteiger partial charge >= 0.3 is 6.18 Å². The summed E-state index contributed by atoms with van der Waals surface area (Å²) in [6, 6.07) is 5.32. The lowest BCUT2D eigenvalue weighted by molar-refractivity contribution is -0.137. The zero-order valence-electron chi connectivity index (χ0n) is 11.6. The molecule has 2 rings (SSSR count). The minimum atomic E-state index is -4.41. The first-order valence-electron chi connectivity index (χ1n) is 6.42. The number of hydrogen-bond acceptors (Lipinski definition) is 2. The van der Waals surface area contributed by atoms with Crippen molar-refractivity contribution in [3.63, 3.8) is 0 Å². The maximum atomic E-state index is 12.7. The minimum absolute atomic E-state index is 0.234. The van der Waals surface area contributed by atoms with Crippen LogP contribution in [0.15, 0.2) is 30.6 Å². The molecule has 1 aromatic heterocycles. The maximum absolute atomic E-state index is 12.7. The average molecular weight is 318 g/mol. The van der Waals surface area contributed by atoms with Crippen LogP contribution in [0.5, 0.6) is 0 Å². The monoisotopic (exact) mass is 317 g/mol. The molecule has 0 aliphatic rings. The normalized spacial score (nSPS) is 12.1. The Bertz CT molecular complexity index is 620. The van der Waals surface area contributed by atoms with E-state index in [1.807, 2.05) is 13.8 Å². The lowest BCUT2D eigenvalue weighted by Crippen LogP contribution is -2.23. The van der Waals surface area contributed by atoms with Crippen LogP contribution in [0.1, 0.15) is 25.0 Å². The van der Waals surface area contributed by atoms with Crippen LogP contribution in [0.3, 0.4) is 0 Å². The van der Waals surface area contributed by atoms with Crippen molar-refractivity contribution in [1.29, 1.82) is 0 Å². The summed E-state index contributed by atoms with van der Waals surface area (Å²) < 4.78 is 39.2. The van der Waals surface area contributed by atoms with E-state index in [1.165, 1.54) is 4.68 Å². The molecule has 0 radical (unpaired) electrons. The zero-order valence-corrected chi connectivity index (χ0v) is 12.3. The van der Waals surface area contributed by atoms with Crippen molar-refractivity contribution in [3.8, 4) is 5.69 Å². The molecule has 1 aromatic carbocycles. The van der Waals surface area contributed by atoms with Crippen LogP contribution in [-0.4, -0.2) is 15.8 Å². The topological polar surface area (TPSA) is 29.9 Å². The predicted molar refractivity (Wildman–Crippen MR) is 75.6 cm³/mol. The van der Waals surface area contributed by atoms with E-state index in [2.05, 4.69) is 10.4 Å². The van der Waals surface area contributed by atoms with Gasteiger partial charge in [0.1, 0.15) is 0 Å². The Hall–Kier alpha value is -1.53. The third-order valence-corrected chi connectivity index (χ3v) is 3.29. The third-order valence-electron chi connectivity index (χ3n) is 2.94. The van der Waals surface area contributed by atoms with Gasteiger partial charge in [-0.05, 0) is 12.1 Å². The molecule has 0 aliphatic carbocycles. The van der Waals surface area contributed by atoms with Crippen molar-refractivity contribution in [2.24, 2.45) is 0 Å². The number of aromatic nitrogens is 2. The van der Waals surface area contributed by atoms with E-state index in [-0.39, 0.29) is 6.04 Å². The van der Waals surface area contributed by atoms with Gasteiger partial charge in [-0.2, -0.15) is 18.3 Å². The van der Waals surface area contributed by atoms with Gasteiger partial charge in [0.25, 0.3) is 0 Å². The average Bonchev–Trinajstić information content (AvgIpc) is 2.86. The number of alkyl halides is 3. The molecule has 0 fully saturated rings. The van der Waals surface area contributed by atoms with Gasteiger partial charge in [0, 0.05) is 29.4 Å². The van der Waals surface area contributed by atoms with E-state index < -0.39 is 11.7 Å². The summed E-state index contributed by atoms with van der Waals surface area (Å²) in [6.07, 6.45) is -2.64.